The van der Waals surface area contributed by atoms with Crippen LogP contribution in [0.2, 0.25) is 0 Å². The lowest BCUT2D eigenvalue weighted by atomic mass is 10.0. The largest absolute Gasteiger partial charge is 0.496 e. The van der Waals surface area contributed by atoms with E-state index in [0.717, 1.165) is 23.4 Å². The Kier molecular flexibility index (Phi) is 7.68. The van der Waals surface area contributed by atoms with E-state index in [-0.39, 0.29) is 29.7 Å². The van der Waals surface area contributed by atoms with Gasteiger partial charge in [-0.25, -0.2) is 4.79 Å². The Bertz CT molecular complexity index is 1220. The summed E-state index contributed by atoms with van der Waals surface area (Å²) in [5.41, 5.74) is 4.17. The number of esters is 1. The molecule has 0 bridgehead atoms. The van der Waals surface area contributed by atoms with E-state index in [1.54, 1.807) is 23.6 Å². The van der Waals surface area contributed by atoms with E-state index in [0.29, 0.717) is 50.3 Å². The summed E-state index contributed by atoms with van der Waals surface area (Å²) in [6, 6.07) is 5.58. The van der Waals surface area contributed by atoms with Crippen molar-refractivity contribution in [3.05, 3.63) is 56.5 Å². The second-order valence-corrected chi connectivity index (χ2v) is 9.74. The van der Waals surface area contributed by atoms with Crippen LogP contribution in [-0.4, -0.2) is 73.8 Å². The molecule has 9 heteroatoms. The van der Waals surface area contributed by atoms with Gasteiger partial charge < -0.3 is 23.7 Å². The number of aryl methyl sites for hydroxylation is 2. The van der Waals surface area contributed by atoms with Crippen LogP contribution in [0.15, 0.2) is 23.0 Å². The van der Waals surface area contributed by atoms with Gasteiger partial charge in [-0.1, -0.05) is 6.07 Å². The number of fused-ring (bicyclic) bond motifs is 1. The first kappa shape index (κ1) is 25.8. The fraction of sp³-hybridized carbons (Fsp3) is 0.519. The zero-order valence-electron chi connectivity index (χ0n) is 21.8. The van der Waals surface area contributed by atoms with Crippen molar-refractivity contribution >= 4 is 11.9 Å². The van der Waals surface area contributed by atoms with Crippen LogP contribution in [0.4, 0.5) is 0 Å². The van der Waals surface area contributed by atoms with E-state index in [1.807, 2.05) is 6.92 Å². The quantitative estimate of drug-likeness (QED) is 0.542. The van der Waals surface area contributed by atoms with Gasteiger partial charge in [-0.2, -0.15) is 0 Å². The molecule has 1 aromatic carbocycles. The highest BCUT2D eigenvalue weighted by Gasteiger charge is 2.30. The van der Waals surface area contributed by atoms with E-state index < -0.39 is 5.97 Å². The molecule has 4 rings (SSSR count). The molecule has 2 aliphatic heterocycles. The number of benzene rings is 1. The predicted molar refractivity (Wildman–Crippen MR) is 135 cm³/mol. The maximum atomic E-state index is 13.1. The Morgan fingerprint density at radius 2 is 1.81 bits per heavy atom. The number of rotatable bonds is 7. The topological polar surface area (TPSA) is 90.3 Å². The minimum absolute atomic E-state index is 0.0150. The van der Waals surface area contributed by atoms with Gasteiger partial charge in [-0.3, -0.25) is 14.5 Å². The van der Waals surface area contributed by atoms with Crippen molar-refractivity contribution in [1.82, 2.24) is 14.4 Å². The molecule has 0 saturated carbocycles. The first-order valence-corrected chi connectivity index (χ1v) is 12.3. The number of carbonyl (C=O) groups excluding carboxylic acids is 2. The van der Waals surface area contributed by atoms with Crippen molar-refractivity contribution in [2.45, 2.75) is 39.8 Å². The minimum Gasteiger partial charge on any atom is -0.496 e. The molecule has 36 heavy (non-hydrogen) atoms. The van der Waals surface area contributed by atoms with Crippen LogP contribution in [0, 0.1) is 19.8 Å². The number of nitrogens with zero attached hydrogens (tertiary/aromatic N) is 3. The number of pyridine rings is 1. The van der Waals surface area contributed by atoms with Crippen molar-refractivity contribution in [1.29, 1.82) is 0 Å². The lowest BCUT2D eigenvalue weighted by Crippen LogP contribution is -2.29. The lowest BCUT2D eigenvalue weighted by molar-refractivity contribution is -0.126. The maximum absolute atomic E-state index is 13.1. The average molecular weight is 498 g/mol. The van der Waals surface area contributed by atoms with Crippen LogP contribution >= 0.6 is 0 Å². The summed E-state index contributed by atoms with van der Waals surface area (Å²) in [5.74, 6) is 0.663. The molecule has 1 fully saturated rings. The van der Waals surface area contributed by atoms with Crippen molar-refractivity contribution in [3.8, 4) is 11.5 Å². The molecular weight excluding hydrogens is 462 g/mol. The molecule has 0 N–H and O–H groups in total. The number of aromatic nitrogens is 1. The highest BCUT2D eigenvalue weighted by molar-refractivity contribution is 5.93. The highest BCUT2D eigenvalue weighted by Crippen LogP contribution is 2.27. The summed E-state index contributed by atoms with van der Waals surface area (Å²) < 4.78 is 18.2. The van der Waals surface area contributed by atoms with E-state index in [2.05, 4.69) is 24.0 Å². The second-order valence-electron chi connectivity index (χ2n) is 9.74. The minimum atomic E-state index is -0.525. The Hall–Kier alpha value is -3.33. The standard InChI is InChI=1S/C27H35N3O6/c1-17-11-22(34-4)18(2)10-20(17)15-29-7-6-21-26(27(33)35-5)23(13-25(32)30(21)9-8-29)36-16-19-12-24(31)28(3)14-19/h10-11,13,19H,6-9,12,14-16H2,1-5H3. The predicted octanol–water partition coefficient (Wildman–Crippen LogP) is 2.18. The van der Waals surface area contributed by atoms with E-state index >= 15 is 0 Å². The summed E-state index contributed by atoms with van der Waals surface area (Å²) in [6.07, 6.45) is 0.906. The van der Waals surface area contributed by atoms with Crippen LogP contribution in [0.25, 0.3) is 0 Å². The van der Waals surface area contributed by atoms with E-state index in [1.165, 1.54) is 18.7 Å². The molecule has 1 saturated heterocycles. The molecule has 3 heterocycles. The molecule has 1 amide bonds. The molecule has 0 aliphatic carbocycles. The fourth-order valence-corrected chi connectivity index (χ4v) is 5.14. The van der Waals surface area contributed by atoms with Crippen molar-refractivity contribution < 1.29 is 23.8 Å². The Morgan fingerprint density at radius 1 is 1.03 bits per heavy atom. The molecule has 2 aliphatic rings. The number of carbonyl (C=O) groups is 2. The monoisotopic (exact) mass is 497 g/mol. The number of hydrogen-bond acceptors (Lipinski definition) is 7. The number of likely N-dealkylation sites (tertiary alicyclic amines) is 1. The van der Waals surface area contributed by atoms with Crippen molar-refractivity contribution in [3.63, 3.8) is 0 Å². The number of ether oxygens (including phenoxy) is 3. The van der Waals surface area contributed by atoms with Crippen molar-refractivity contribution in [2.75, 3.05) is 47.5 Å². The summed E-state index contributed by atoms with van der Waals surface area (Å²) in [6.45, 7) is 7.51. The smallest absolute Gasteiger partial charge is 0.343 e. The molecule has 1 atom stereocenters. The summed E-state index contributed by atoms with van der Waals surface area (Å²) in [7, 11) is 4.77. The molecule has 1 aromatic heterocycles. The van der Waals surface area contributed by atoms with Crippen LogP contribution in [0.5, 0.6) is 11.5 Å². The van der Waals surface area contributed by atoms with Crippen molar-refractivity contribution in [2.24, 2.45) is 5.92 Å². The third kappa shape index (κ3) is 5.26. The van der Waals surface area contributed by atoms with Crippen LogP contribution in [-0.2, 0) is 29.0 Å². The van der Waals surface area contributed by atoms with Gasteiger partial charge in [-0.15, -0.1) is 0 Å². The van der Waals surface area contributed by atoms with Gasteiger partial charge in [-0.05, 0) is 36.6 Å². The van der Waals surface area contributed by atoms with Crippen LogP contribution in [0.1, 0.15) is 39.2 Å². The van der Waals surface area contributed by atoms with Gasteiger partial charge >= 0.3 is 5.97 Å². The normalized spacial score (nSPS) is 18.1. The summed E-state index contributed by atoms with van der Waals surface area (Å²) in [4.78, 5) is 41.7. The van der Waals surface area contributed by atoms with E-state index in [9.17, 15) is 14.4 Å². The first-order chi connectivity index (χ1) is 17.2. The molecule has 2 aromatic rings. The second kappa shape index (κ2) is 10.7. The third-order valence-electron chi connectivity index (χ3n) is 7.22. The Labute approximate surface area is 211 Å². The summed E-state index contributed by atoms with van der Waals surface area (Å²) >= 11 is 0. The maximum Gasteiger partial charge on any atom is 0.343 e. The number of amides is 1. The molecule has 0 spiro atoms. The Morgan fingerprint density at radius 3 is 2.47 bits per heavy atom. The first-order valence-electron chi connectivity index (χ1n) is 12.3. The highest BCUT2D eigenvalue weighted by atomic mass is 16.5. The number of hydrogen-bond donors (Lipinski definition) is 0. The van der Waals surface area contributed by atoms with Gasteiger partial charge in [0.2, 0.25) is 5.91 Å². The Balaban J connectivity index is 1.57. The molecule has 0 radical (unpaired) electrons. The fourth-order valence-electron chi connectivity index (χ4n) is 5.14. The SMILES string of the molecule is COC(=O)c1c(OCC2CC(=O)N(C)C2)cc(=O)n2c1CCN(Cc1cc(C)c(OC)cc1C)CC2. The van der Waals surface area contributed by atoms with Gasteiger partial charge in [0, 0.05) is 70.3 Å². The van der Waals surface area contributed by atoms with Gasteiger partial charge in [0.25, 0.3) is 5.56 Å². The average Bonchev–Trinajstić information content (AvgIpc) is 3.03. The zero-order valence-corrected chi connectivity index (χ0v) is 21.8. The van der Waals surface area contributed by atoms with Gasteiger partial charge in [0.05, 0.1) is 20.8 Å². The molecule has 1 unspecified atom stereocenters. The zero-order chi connectivity index (χ0) is 26.0. The number of methoxy groups -OCH3 is 2. The lowest BCUT2D eigenvalue weighted by Gasteiger charge is -2.21. The van der Waals surface area contributed by atoms with Gasteiger partial charge in [0.1, 0.15) is 17.1 Å². The molecule has 9 nitrogen and oxygen atoms in total. The van der Waals surface area contributed by atoms with E-state index in [4.69, 9.17) is 14.2 Å². The summed E-state index contributed by atoms with van der Waals surface area (Å²) in [5, 5.41) is 0. The third-order valence-corrected chi connectivity index (χ3v) is 7.22. The van der Waals surface area contributed by atoms with Crippen LogP contribution in [0.3, 0.4) is 0 Å². The molecule has 194 valence electrons. The van der Waals surface area contributed by atoms with Gasteiger partial charge in [0.15, 0.2) is 0 Å². The molecular formula is C27H35N3O6. The van der Waals surface area contributed by atoms with Crippen LogP contribution < -0.4 is 15.0 Å².